The van der Waals surface area contributed by atoms with Crippen molar-refractivity contribution in [1.82, 2.24) is 24.2 Å². The second kappa shape index (κ2) is 7.33. The lowest BCUT2D eigenvalue weighted by molar-refractivity contribution is 0.193. The number of aromatic nitrogens is 4. The first-order valence-electron chi connectivity index (χ1n) is 9.15. The van der Waals surface area contributed by atoms with Crippen LogP contribution in [0.2, 0.25) is 0 Å². The monoisotopic (exact) mass is 408 g/mol. The quantitative estimate of drug-likeness (QED) is 0.699. The molecule has 146 valence electrons. The number of nitrogens with zero attached hydrogens (tertiary/aromatic N) is 6. The minimum atomic E-state index is -2.94. The molecule has 0 saturated carbocycles. The van der Waals surface area contributed by atoms with Gasteiger partial charge in [0.05, 0.1) is 18.2 Å². The van der Waals surface area contributed by atoms with Gasteiger partial charge in [0.15, 0.2) is 14.6 Å². The molecule has 4 heterocycles. The number of sulfone groups is 1. The summed E-state index contributed by atoms with van der Waals surface area (Å²) in [6.45, 7) is 4.25. The van der Waals surface area contributed by atoms with Crippen LogP contribution in [0.3, 0.4) is 0 Å². The zero-order valence-corrected chi connectivity index (χ0v) is 17.0. The molecule has 2 aliphatic rings. The standard InChI is InChI=1S/C17H24N6O2S2/c1-20-16(14-5-11-27(24,25)12-14)19-23(17(20)26)13-21-7-9-22(10-8-21)15-4-2-3-6-18-15/h2-4,6,14H,5,7-13H2,1H3/t14-/m0/s1. The lowest BCUT2D eigenvalue weighted by atomic mass is 10.1. The second-order valence-electron chi connectivity index (χ2n) is 7.23. The summed E-state index contributed by atoms with van der Waals surface area (Å²) in [5.74, 6) is 2.16. The van der Waals surface area contributed by atoms with Crippen LogP contribution in [0.1, 0.15) is 18.2 Å². The number of pyridine rings is 1. The van der Waals surface area contributed by atoms with E-state index in [0.717, 1.165) is 37.8 Å². The van der Waals surface area contributed by atoms with Crippen molar-refractivity contribution < 1.29 is 8.42 Å². The topological polar surface area (TPSA) is 76.3 Å². The van der Waals surface area contributed by atoms with Crippen LogP contribution in [-0.4, -0.2) is 70.3 Å². The third-order valence-electron chi connectivity index (χ3n) is 5.35. The molecular weight excluding hydrogens is 384 g/mol. The molecule has 0 aliphatic carbocycles. The Labute approximate surface area is 164 Å². The van der Waals surface area contributed by atoms with E-state index < -0.39 is 9.84 Å². The number of hydrogen-bond donors (Lipinski definition) is 0. The molecule has 4 rings (SSSR count). The lowest BCUT2D eigenvalue weighted by Crippen LogP contribution is -2.47. The van der Waals surface area contributed by atoms with Gasteiger partial charge in [0.2, 0.25) is 0 Å². The lowest BCUT2D eigenvalue weighted by Gasteiger charge is -2.35. The maximum absolute atomic E-state index is 11.8. The van der Waals surface area contributed by atoms with Gasteiger partial charge >= 0.3 is 0 Å². The number of rotatable bonds is 4. The summed E-state index contributed by atoms with van der Waals surface area (Å²) in [4.78, 5) is 9.01. The van der Waals surface area contributed by atoms with Gasteiger partial charge in [-0.25, -0.2) is 18.1 Å². The van der Waals surface area contributed by atoms with Crippen molar-refractivity contribution in [2.75, 3.05) is 42.6 Å². The Morgan fingerprint density at radius 2 is 2.00 bits per heavy atom. The Morgan fingerprint density at radius 1 is 1.22 bits per heavy atom. The van der Waals surface area contributed by atoms with Gasteiger partial charge in [-0.3, -0.25) is 4.90 Å². The van der Waals surface area contributed by atoms with E-state index in [-0.39, 0.29) is 17.4 Å². The van der Waals surface area contributed by atoms with Crippen molar-refractivity contribution in [3.05, 3.63) is 35.0 Å². The second-order valence-corrected chi connectivity index (χ2v) is 9.83. The molecule has 0 bridgehead atoms. The summed E-state index contributed by atoms with van der Waals surface area (Å²) >= 11 is 5.54. The molecule has 27 heavy (non-hydrogen) atoms. The molecule has 8 nitrogen and oxygen atoms in total. The van der Waals surface area contributed by atoms with Crippen molar-refractivity contribution in [3.8, 4) is 0 Å². The van der Waals surface area contributed by atoms with Crippen LogP contribution >= 0.6 is 12.2 Å². The Morgan fingerprint density at radius 3 is 2.63 bits per heavy atom. The first-order valence-corrected chi connectivity index (χ1v) is 11.4. The normalized spacial score (nSPS) is 23.0. The Kier molecular flexibility index (Phi) is 5.04. The molecule has 0 unspecified atom stereocenters. The molecule has 0 aromatic carbocycles. The number of anilines is 1. The summed E-state index contributed by atoms with van der Waals surface area (Å²) in [5.41, 5.74) is 0. The highest BCUT2D eigenvalue weighted by Crippen LogP contribution is 2.27. The van der Waals surface area contributed by atoms with Crippen LogP contribution in [0.5, 0.6) is 0 Å². The zero-order chi connectivity index (χ0) is 19.0. The summed E-state index contributed by atoms with van der Waals surface area (Å²) in [6.07, 6.45) is 2.45. The van der Waals surface area contributed by atoms with Crippen molar-refractivity contribution in [2.24, 2.45) is 7.05 Å². The van der Waals surface area contributed by atoms with Gasteiger partial charge in [-0.15, -0.1) is 0 Å². The molecular formula is C17H24N6O2S2. The Hall–Kier alpha value is -1.78. The van der Waals surface area contributed by atoms with E-state index in [4.69, 9.17) is 12.2 Å². The van der Waals surface area contributed by atoms with E-state index in [9.17, 15) is 8.42 Å². The highest BCUT2D eigenvalue weighted by Gasteiger charge is 2.32. The van der Waals surface area contributed by atoms with E-state index in [0.29, 0.717) is 17.9 Å². The highest BCUT2D eigenvalue weighted by molar-refractivity contribution is 7.91. The molecule has 2 aliphatic heterocycles. The van der Waals surface area contributed by atoms with Crippen LogP contribution in [0.15, 0.2) is 24.4 Å². The summed E-state index contributed by atoms with van der Waals surface area (Å²) in [6, 6.07) is 5.97. The zero-order valence-electron chi connectivity index (χ0n) is 15.4. The predicted octanol–water partition coefficient (Wildman–Crippen LogP) is 1.03. The molecule has 0 amide bonds. The minimum Gasteiger partial charge on any atom is -0.354 e. The Bertz CT molecular complexity index is 961. The molecule has 1 atom stereocenters. The Balaban J connectivity index is 1.42. The van der Waals surface area contributed by atoms with Crippen molar-refractivity contribution in [2.45, 2.75) is 19.0 Å². The third kappa shape index (κ3) is 3.92. The summed E-state index contributed by atoms with van der Waals surface area (Å²) in [5, 5.41) is 4.67. The van der Waals surface area contributed by atoms with Gasteiger partial charge in [0.1, 0.15) is 11.6 Å². The average Bonchev–Trinajstić information content (AvgIpc) is 3.17. The van der Waals surface area contributed by atoms with Crippen LogP contribution < -0.4 is 4.90 Å². The van der Waals surface area contributed by atoms with E-state index >= 15 is 0 Å². The minimum absolute atomic E-state index is 0.0519. The van der Waals surface area contributed by atoms with Gasteiger partial charge in [-0.05, 0) is 30.8 Å². The molecule has 0 radical (unpaired) electrons. The van der Waals surface area contributed by atoms with Crippen LogP contribution in [-0.2, 0) is 23.6 Å². The van der Waals surface area contributed by atoms with E-state index in [1.807, 2.05) is 40.7 Å². The predicted molar refractivity (Wildman–Crippen MR) is 106 cm³/mol. The SMILES string of the molecule is Cn1c([C@H]2CCS(=O)(=O)C2)nn(CN2CCN(c3ccccn3)CC2)c1=S. The fourth-order valence-electron chi connectivity index (χ4n) is 3.80. The molecule has 0 spiro atoms. The molecule has 2 fully saturated rings. The molecule has 10 heteroatoms. The van der Waals surface area contributed by atoms with Crippen molar-refractivity contribution >= 4 is 27.9 Å². The van der Waals surface area contributed by atoms with Crippen molar-refractivity contribution in [3.63, 3.8) is 0 Å². The van der Waals surface area contributed by atoms with Crippen LogP contribution in [0, 0.1) is 4.77 Å². The maximum atomic E-state index is 11.8. The first kappa shape index (κ1) is 18.6. The maximum Gasteiger partial charge on any atom is 0.198 e. The van der Waals surface area contributed by atoms with Gasteiger partial charge in [-0.2, -0.15) is 5.10 Å². The van der Waals surface area contributed by atoms with E-state index in [1.165, 1.54) is 0 Å². The fourth-order valence-corrected chi connectivity index (χ4v) is 5.73. The first-order chi connectivity index (χ1) is 12.9. The van der Waals surface area contributed by atoms with Gasteiger partial charge in [0, 0.05) is 45.3 Å². The summed E-state index contributed by atoms with van der Waals surface area (Å²) in [7, 11) is -1.06. The van der Waals surface area contributed by atoms with Gasteiger partial charge < -0.3 is 9.47 Å². The average molecular weight is 409 g/mol. The smallest absolute Gasteiger partial charge is 0.198 e. The molecule has 2 aromatic rings. The van der Waals surface area contributed by atoms with Crippen LogP contribution in [0.4, 0.5) is 5.82 Å². The van der Waals surface area contributed by atoms with Gasteiger partial charge in [-0.1, -0.05) is 6.07 Å². The highest BCUT2D eigenvalue weighted by atomic mass is 32.2. The van der Waals surface area contributed by atoms with Gasteiger partial charge in [0.25, 0.3) is 0 Å². The molecule has 0 N–H and O–H groups in total. The fraction of sp³-hybridized carbons (Fsp3) is 0.588. The summed E-state index contributed by atoms with van der Waals surface area (Å²) < 4.78 is 27.9. The molecule has 2 saturated heterocycles. The largest absolute Gasteiger partial charge is 0.354 e. The molecule has 2 aromatic heterocycles. The number of piperazine rings is 1. The van der Waals surface area contributed by atoms with Crippen molar-refractivity contribution in [1.29, 1.82) is 0 Å². The van der Waals surface area contributed by atoms with Crippen LogP contribution in [0.25, 0.3) is 0 Å². The van der Waals surface area contributed by atoms with E-state index in [1.54, 1.807) is 0 Å². The third-order valence-corrected chi connectivity index (χ3v) is 7.60. The number of hydrogen-bond acceptors (Lipinski definition) is 7. The van der Waals surface area contributed by atoms with E-state index in [2.05, 4.69) is 19.9 Å².